The van der Waals surface area contributed by atoms with Crippen molar-refractivity contribution in [1.29, 1.82) is 0 Å². The Balaban J connectivity index is 0.000000385. The molecule has 0 bridgehead atoms. The lowest BCUT2D eigenvalue weighted by molar-refractivity contribution is -0.111. The third-order valence-electron chi connectivity index (χ3n) is 7.12. The third kappa shape index (κ3) is 7.91. The zero-order valence-electron chi connectivity index (χ0n) is 24.4. The molecule has 0 atom stereocenters. The van der Waals surface area contributed by atoms with Gasteiger partial charge in [-0.1, -0.05) is 38.8 Å². The van der Waals surface area contributed by atoms with Crippen molar-refractivity contribution in [1.82, 2.24) is 24.5 Å². The van der Waals surface area contributed by atoms with Crippen LogP contribution in [0, 0.1) is 0 Å². The van der Waals surface area contributed by atoms with Crippen LogP contribution in [0.15, 0.2) is 67.4 Å². The van der Waals surface area contributed by atoms with E-state index >= 15 is 0 Å². The zero-order valence-corrected chi connectivity index (χ0v) is 24.4. The first-order chi connectivity index (χ1) is 20.3. The monoisotopic (exact) mass is 569 g/mol. The number of fused-ring (bicyclic) bond motifs is 1. The van der Waals surface area contributed by atoms with Crippen LogP contribution < -0.4 is 21.7 Å². The fourth-order valence-corrected chi connectivity index (χ4v) is 4.77. The molecule has 0 spiro atoms. The summed E-state index contributed by atoms with van der Waals surface area (Å²) in [4.78, 5) is 34.9. The van der Waals surface area contributed by atoms with Crippen LogP contribution in [0.5, 0.6) is 0 Å². The zero-order chi connectivity index (χ0) is 30.1. The number of amides is 2. The smallest absolute Gasteiger partial charge is 0.255 e. The minimum atomic E-state index is -0.319. The van der Waals surface area contributed by atoms with Gasteiger partial charge in [-0.15, -0.1) is 0 Å². The number of aromatic nitrogens is 4. The van der Waals surface area contributed by atoms with E-state index in [2.05, 4.69) is 56.6 Å². The molecule has 1 fully saturated rings. The van der Waals surface area contributed by atoms with Crippen molar-refractivity contribution >= 4 is 46.4 Å². The number of aryl methyl sites for hydroxylation is 1. The second-order valence-electron chi connectivity index (χ2n) is 10.4. The number of nitrogen functional groups attached to an aromatic ring is 1. The lowest BCUT2D eigenvalue weighted by atomic mass is 9.95. The molecule has 5 N–H and O–H groups in total. The average molecular weight is 570 g/mol. The molecule has 0 aliphatic heterocycles. The van der Waals surface area contributed by atoms with Crippen molar-refractivity contribution < 1.29 is 9.59 Å². The van der Waals surface area contributed by atoms with Crippen LogP contribution >= 0.6 is 0 Å². The second-order valence-corrected chi connectivity index (χ2v) is 10.4. The summed E-state index contributed by atoms with van der Waals surface area (Å²) in [5, 5.41) is 13.0. The Morgan fingerprint density at radius 3 is 2.38 bits per heavy atom. The molecule has 11 nitrogen and oxygen atoms in total. The Morgan fingerprint density at radius 1 is 1.02 bits per heavy atom. The van der Waals surface area contributed by atoms with Gasteiger partial charge in [-0.3, -0.25) is 9.59 Å². The van der Waals surface area contributed by atoms with Crippen molar-refractivity contribution in [3.8, 4) is 0 Å². The van der Waals surface area contributed by atoms with Crippen LogP contribution in [-0.2, 0) is 11.2 Å². The fraction of sp³-hybridized carbons (Fsp3) is 0.323. The number of hydrogen-bond donors (Lipinski definition) is 4. The molecule has 1 saturated carbocycles. The molecular weight excluding hydrogens is 530 g/mol. The highest BCUT2D eigenvalue weighted by Gasteiger charge is 2.14. The summed E-state index contributed by atoms with van der Waals surface area (Å²) in [6.07, 6.45) is 10.9. The highest BCUT2D eigenvalue weighted by Crippen LogP contribution is 2.22. The molecule has 1 aliphatic rings. The van der Waals surface area contributed by atoms with E-state index in [9.17, 15) is 9.59 Å². The summed E-state index contributed by atoms with van der Waals surface area (Å²) in [5.74, 6) is -0.0578. The average Bonchev–Trinajstić information content (AvgIpc) is 3.41. The van der Waals surface area contributed by atoms with E-state index in [4.69, 9.17) is 5.73 Å². The van der Waals surface area contributed by atoms with E-state index in [-0.39, 0.29) is 17.8 Å². The summed E-state index contributed by atoms with van der Waals surface area (Å²) in [6.45, 7) is 5.42. The maximum atomic E-state index is 12.6. The van der Waals surface area contributed by atoms with Crippen LogP contribution in [0.3, 0.4) is 0 Å². The normalized spacial score (nSPS) is 13.2. The molecule has 0 unspecified atom stereocenters. The summed E-state index contributed by atoms with van der Waals surface area (Å²) >= 11 is 0. The molecule has 2 aromatic carbocycles. The SMILES string of the molecule is C=CC(=O)Nc1ccc(C(=O)Nc2cccc(Nc3nc(N)nc4c(CC)cnn34)c2)cc1.CN(C)C1CCCCC1. The molecule has 1 aliphatic carbocycles. The molecule has 5 rings (SSSR count). The number of anilines is 5. The van der Waals surface area contributed by atoms with Gasteiger partial charge in [-0.25, -0.2) is 0 Å². The predicted octanol–water partition coefficient (Wildman–Crippen LogP) is 5.27. The minimum absolute atomic E-state index is 0.136. The second kappa shape index (κ2) is 14.2. The number of benzene rings is 2. The van der Waals surface area contributed by atoms with Gasteiger partial charge in [0.1, 0.15) is 0 Å². The van der Waals surface area contributed by atoms with Crippen molar-refractivity contribution in [2.24, 2.45) is 0 Å². The standard InChI is InChI=1S/C23H22N8O2.C8H17N/c1-3-14-13-25-31-20(14)29-22(24)30-23(31)28-18-7-5-6-17(12-18)27-21(33)15-8-10-16(11-9-15)26-19(32)4-2;1-9(2)8-6-4-3-5-7-8/h4-13H,2-3H2,1H3,(H,26,32)(H,27,33)(H3,24,28,29,30);8H,3-7H2,1-2H3. The third-order valence-corrected chi connectivity index (χ3v) is 7.12. The number of carbonyl (C=O) groups excluding carboxylic acids is 2. The molecule has 2 heterocycles. The van der Waals surface area contributed by atoms with E-state index in [0.717, 1.165) is 18.0 Å². The summed E-state index contributed by atoms with van der Waals surface area (Å²) in [6, 6.07) is 14.6. The van der Waals surface area contributed by atoms with Gasteiger partial charge in [-0.05, 0) is 81.9 Å². The van der Waals surface area contributed by atoms with Gasteiger partial charge in [0.2, 0.25) is 17.8 Å². The van der Waals surface area contributed by atoms with Crippen LogP contribution in [0.2, 0.25) is 0 Å². The van der Waals surface area contributed by atoms with Crippen molar-refractivity contribution in [2.45, 2.75) is 51.5 Å². The lowest BCUT2D eigenvalue weighted by Crippen LogP contribution is -2.29. The Morgan fingerprint density at radius 2 is 1.74 bits per heavy atom. The van der Waals surface area contributed by atoms with Crippen LogP contribution in [0.4, 0.5) is 29.0 Å². The first-order valence-corrected chi connectivity index (χ1v) is 14.2. The predicted molar refractivity (Wildman–Crippen MR) is 168 cm³/mol. The first kappa shape index (κ1) is 30.2. The molecule has 11 heteroatoms. The van der Waals surface area contributed by atoms with Gasteiger partial charge < -0.3 is 26.6 Å². The molecule has 0 saturated heterocycles. The van der Waals surface area contributed by atoms with E-state index in [1.807, 2.05) is 13.0 Å². The number of hydrogen-bond acceptors (Lipinski definition) is 8. The van der Waals surface area contributed by atoms with E-state index < -0.39 is 0 Å². The van der Waals surface area contributed by atoms with Gasteiger partial charge in [0.25, 0.3) is 5.91 Å². The van der Waals surface area contributed by atoms with E-state index in [1.165, 1.54) is 38.2 Å². The van der Waals surface area contributed by atoms with Crippen LogP contribution in [-0.4, -0.2) is 56.4 Å². The van der Waals surface area contributed by atoms with Gasteiger partial charge >= 0.3 is 0 Å². The number of nitrogens with two attached hydrogens (primary N) is 1. The van der Waals surface area contributed by atoms with Crippen molar-refractivity contribution in [3.63, 3.8) is 0 Å². The van der Waals surface area contributed by atoms with E-state index in [0.29, 0.717) is 34.2 Å². The number of nitrogens with one attached hydrogen (secondary N) is 3. The lowest BCUT2D eigenvalue weighted by Gasteiger charge is -2.27. The fourth-order valence-electron chi connectivity index (χ4n) is 4.77. The quantitative estimate of drug-likeness (QED) is 0.210. The van der Waals surface area contributed by atoms with E-state index in [1.54, 1.807) is 53.2 Å². The highest BCUT2D eigenvalue weighted by molar-refractivity contribution is 6.05. The Kier molecular flexibility index (Phi) is 10.2. The van der Waals surface area contributed by atoms with Gasteiger partial charge in [-0.2, -0.15) is 19.6 Å². The number of carbonyl (C=O) groups is 2. The van der Waals surface area contributed by atoms with Crippen molar-refractivity contribution in [3.05, 3.63) is 78.5 Å². The molecule has 42 heavy (non-hydrogen) atoms. The number of rotatable bonds is 8. The summed E-state index contributed by atoms with van der Waals surface area (Å²) in [5.41, 5.74) is 9.77. The molecule has 4 aromatic rings. The largest absolute Gasteiger partial charge is 0.368 e. The Bertz CT molecular complexity index is 1520. The molecule has 0 radical (unpaired) electrons. The molecule has 220 valence electrons. The first-order valence-electron chi connectivity index (χ1n) is 14.2. The molecule has 2 amide bonds. The van der Waals surface area contributed by atoms with Crippen LogP contribution in [0.25, 0.3) is 5.65 Å². The van der Waals surface area contributed by atoms with Crippen LogP contribution in [0.1, 0.15) is 54.9 Å². The summed E-state index contributed by atoms with van der Waals surface area (Å²) in [7, 11) is 4.38. The maximum Gasteiger partial charge on any atom is 0.255 e. The highest BCUT2D eigenvalue weighted by atomic mass is 16.2. The summed E-state index contributed by atoms with van der Waals surface area (Å²) < 4.78 is 1.59. The topological polar surface area (TPSA) is 143 Å². The van der Waals surface area contributed by atoms with Crippen molar-refractivity contribution in [2.75, 3.05) is 35.8 Å². The maximum absolute atomic E-state index is 12.6. The number of nitrogens with zero attached hydrogens (tertiary/aromatic N) is 5. The van der Waals surface area contributed by atoms with Gasteiger partial charge in [0, 0.05) is 34.2 Å². The Hall–Kier alpha value is -4.77. The van der Waals surface area contributed by atoms with Gasteiger partial charge in [0.05, 0.1) is 6.20 Å². The Labute approximate surface area is 246 Å². The van der Waals surface area contributed by atoms with Gasteiger partial charge in [0.15, 0.2) is 5.65 Å². The molecular formula is C31H39N9O2. The minimum Gasteiger partial charge on any atom is -0.368 e. The molecule has 2 aromatic heterocycles.